The Morgan fingerprint density at radius 2 is 1.47 bits per heavy atom. The monoisotopic (exact) mass is 664 g/mol. The number of rotatable bonds is 11. The second-order valence-corrected chi connectivity index (χ2v) is 15.7. The molecule has 0 bridgehead atoms. The topological polar surface area (TPSA) is 71.1 Å². The van der Waals surface area contributed by atoms with Crippen molar-refractivity contribution in [3.05, 3.63) is 71.8 Å². The van der Waals surface area contributed by atoms with Gasteiger partial charge in [-0.25, -0.2) is 4.79 Å². The van der Waals surface area contributed by atoms with Crippen molar-refractivity contribution in [3.8, 4) is 0 Å². The Labute approximate surface area is 286 Å². The van der Waals surface area contributed by atoms with E-state index >= 15 is 0 Å². The van der Waals surface area contributed by atoms with Gasteiger partial charge in [0, 0.05) is 12.3 Å². The molecule has 4 aliphatic rings. The van der Waals surface area contributed by atoms with Gasteiger partial charge in [-0.05, 0) is 109 Å². The van der Waals surface area contributed by atoms with Gasteiger partial charge >= 0.3 is 12.1 Å². The van der Waals surface area contributed by atoms with Gasteiger partial charge in [0.1, 0.15) is 25.4 Å². The Morgan fingerprint density at radius 3 is 2.15 bits per heavy atom. The first-order valence-corrected chi connectivity index (χ1v) is 18.5. The predicted molar refractivity (Wildman–Crippen MR) is 182 cm³/mol. The van der Waals surface area contributed by atoms with Crippen molar-refractivity contribution in [2.24, 2.45) is 46.3 Å². The molecule has 0 saturated heterocycles. The van der Waals surface area contributed by atoms with Gasteiger partial charge in [0.25, 0.3) is 0 Å². The van der Waals surface area contributed by atoms with Crippen LogP contribution in [0.15, 0.2) is 60.7 Å². The summed E-state index contributed by atoms with van der Waals surface area (Å²) in [6.45, 7) is 7.88. The maximum absolute atomic E-state index is 13.3. The highest BCUT2D eigenvalue weighted by Crippen LogP contribution is 2.69. The van der Waals surface area contributed by atoms with Crippen LogP contribution in [0.2, 0.25) is 0 Å². The first-order chi connectivity index (χ1) is 22.7. The average Bonchev–Trinajstić information content (AvgIpc) is 3.44. The van der Waals surface area contributed by atoms with Gasteiger partial charge < -0.3 is 18.9 Å². The minimum Gasteiger partial charge on any atom is -0.461 e. The number of alkyl halides is 1. The number of hydrogen-bond acceptors (Lipinski definition) is 6. The molecule has 0 N–H and O–H groups in total. The Bertz CT molecular complexity index is 1340. The van der Waals surface area contributed by atoms with Crippen LogP contribution in [0.4, 0.5) is 4.79 Å². The molecule has 0 aromatic heterocycles. The molecule has 0 radical (unpaired) electrons. The lowest BCUT2D eigenvalue weighted by Crippen LogP contribution is -2.59. The van der Waals surface area contributed by atoms with Crippen molar-refractivity contribution in [1.29, 1.82) is 0 Å². The lowest BCUT2D eigenvalue weighted by molar-refractivity contribution is -0.182. The Hall–Kier alpha value is -2.57. The number of carbonyl (C=O) groups is 2. The van der Waals surface area contributed by atoms with Crippen LogP contribution < -0.4 is 0 Å². The van der Waals surface area contributed by atoms with Gasteiger partial charge in [-0.2, -0.15) is 0 Å². The van der Waals surface area contributed by atoms with Gasteiger partial charge in [0.2, 0.25) is 0 Å². The van der Waals surface area contributed by atoms with Gasteiger partial charge in [-0.3, -0.25) is 4.79 Å². The summed E-state index contributed by atoms with van der Waals surface area (Å²) in [6, 6.07) is 19.9. The number of esters is 1. The first kappa shape index (κ1) is 34.3. The smallest absolute Gasteiger partial charge is 0.461 e. The normalized spacial score (nSPS) is 35.1. The molecule has 4 fully saturated rings. The van der Waals surface area contributed by atoms with Crippen LogP contribution in [0.3, 0.4) is 0 Å². The summed E-state index contributed by atoms with van der Waals surface area (Å²) in [5.41, 5.74) is 2.31. The molecule has 0 aliphatic heterocycles. The molecule has 2 aromatic carbocycles. The molecule has 4 saturated carbocycles. The highest BCUT2D eigenvalue weighted by molar-refractivity contribution is 6.17. The van der Waals surface area contributed by atoms with E-state index in [2.05, 4.69) is 20.8 Å². The van der Waals surface area contributed by atoms with Crippen LogP contribution in [0, 0.1) is 46.3 Å². The van der Waals surface area contributed by atoms with Gasteiger partial charge in [-0.15, -0.1) is 0 Å². The summed E-state index contributed by atoms with van der Waals surface area (Å²) in [5.74, 6) is 2.51. The van der Waals surface area contributed by atoms with Crippen molar-refractivity contribution in [3.63, 3.8) is 0 Å². The molecule has 2 aromatic rings. The van der Waals surface area contributed by atoms with Crippen molar-refractivity contribution in [2.75, 3.05) is 6.07 Å². The SMILES string of the molecule is C[C@H](CCC(=O)OCc1ccccc1)[C@H]1CC[C@H]2[C@@H]3[C@@H](OC(=O)OCc4ccccc4)C[C@@H]4C[C@H](OCCl)CC[C@]4(C)[C@H]3CC[C@]12C. The highest BCUT2D eigenvalue weighted by Gasteiger charge is 2.64. The number of hydrogen-bond donors (Lipinski definition) is 0. The fourth-order valence-electron chi connectivity index (χ4n) is 10.7. The van der Waals surface area contributed by atoms with E-state index in [0.717, 1.165) is 62.5 Å². The van der Waals surface area contributed by atoms with E-state index in [1.807, 2.05) is 60.7 Å². The van der Waals surface area contributed by atoms with Crippen molar-refractivity contribution >= 4 is 23.7 Å². The minimum atomic E-state index is -0.560. The standard InChI is InChI=1S/C40H53ClO6/c1-27(14-17-36(42)44-24-28-10-6-4-7-11-28)32-15-16-33-37-34(19-21-40(32,33)3)39(2)20-18-31(46-26-41)22-30(39)23-35(37)47-38(43)45-25-29-12-8-5-9-13-29/h4-13,27,30-35,37H,14-26H2,1-3H3/t27-,30+,31-,32-,33+,34+,35+,37+,39+,40-/m1/s1. The zero-order chi connectivity index (χ0) is 33.0. The van der Waals surface area contributed by atoms with E-state index in [1.165, 1.54) is 6.42 Å². The predicted octanol–water partition coefficient (Wildman–Crippen LogP) is 9.72. The molecule has 6 nitrogen and oxygen atoms in total. The van der Waals surface area contributed by atoms with Gasteiger partial charge in [0.15, 0.2) is 0 Å². The Balaban J connectivity index is 1.15. The second-order valence-electron chi connectivity index (χ2n) is 15.5. The minimum absolute atomic E-state index is 0.119. The molecule has 0 unspecified atom stereocenters. The molecular weight excluding hydrogens is 612 g/mol. The molecule has 4 aliphatic carbocycles. The van der Waals surface area contributed by atoms with Crippen molar-refractivity contribution in [2.45, 2.75) is 110 Å². The fraction of sp³-hybridized carbons (Fsp3) is 0.650. The fourth-order valence-corrected chi connectivity index (χ4v) is 10.9. The van der Waals surface area contributed by atoms with Crippen LogP contribution >= 0.6 is 11.6 Å². The van der Waals surface area contributed by atoms with Crippen LogP contribution in [-0.4, -0.2) is 30.4 Å². The van der Waals surface area contributed by atoms with E-state index in [0.29, 0.717) is 48.5 Å². The maximum Gasteiger partial charge on any atom is 0.508 e. The lowest BCUT2D eigenvalue weighted by Gasteiger charge is -2.62. The number of ether oxygens (including phenoxy) is 4. The first-order valence-electron chi connectivity index (χ1n) is 18.0. The van der Waals surface area contributed by atoms with Crippen LogP contribution in [-0.2, 0) is 37.0 Å². The third kappa shape index (κ3) is 7.39. The summed E-state index contributed by atoms with van der Waals surface area (Å²) in [7, 11) is 0. The quantitative estimate of drug-likeness (QED) is 0.176. The maximum atomic E-state index is 13.3. The number of halogens is 1. The largest absolute Gasteiger partial charge is 0.508 e. The molecule has 0 amide bonds. The summed E-state index contributed by atoms with van der Waals surface area (Å²) >= 11 is 6.00. The van der Waals surface area contributed by atoms with E-state index in [-0.39, 0.29) is 41.7 Å². The molecule has 7 heteroatoms. The van der Waals surface area contributed by atoms with E-state index < -0.39 is 6.16 Å². The highest BCUT2D eigenvalue weighted by atomic mass is 35.5. The average molecular weight is 665 g/mol. The van der Waals surface area contributed by atoms with Crippen LogP contribution in [0.1, 0.15) is 96.1 Å². The van der Waals surface area contributed by atoms with Crippen molar-refractivity contribution in [1.82, 2.24) is 0 Å². The molecule has 6 rings (SSSR count). The third-order valence-corrected chi connectivity index (χ3v) is 13.3. The second kappa shape index (κ2) is 14.9. The molecule has 10 atom stereocenters. The van der Waals surface area contributed by atoms with Gasteiger partial charge in [-0.1, -0.05) is 93.0 Å². The number of carbonyl (C=O) groups excluding carboxylic acids is 2. The molecule has 0 heterocycles. The van der Waals surface area contributed by atoms with Crippen LogP contribution in [0.25, 0.3) is 0 Å². The summed E-state index contributed by atoms with van der Waals surface area (Å²) in [4.78, 5) is 26.0. The summed E-state index contributed by atoms with van der Waals surface area (Å²) in [6.07, 6.45) is 9.31. The third-order valence-electron chi connectivity index (χ3n) is 13.2. The molecular formula is C40H53ClO6. The molecule has 0 spiro atoms. The van der Waals surface area contributed by atoms with Gasteiger partial charge in [0.05, 0.1) is 6.10 Å². The zero-order valence-corrected chi connectivity index (χ0v) is 29.2. The summed E-state index contributed by atoms with van der Waals surface area (Å²) < 4.78 is 23.6. The molecule has 47 heavy (non-hydrogen) atoms. The van der Waals surface area contributed by atoms with Crippen molar-refractivity contribution < 1.29 is 28.5 Å². The lowest BCUT2D eigenvalue weighted by atomic mass is 9.43. The van der Waals surface area contributed by atoms with E-state index in [1.54, 1.807) is 0 Å². The zero-order valence-electron chi connectivity index (χ0n) is 28.4. The van der Waals surface area contributed by atoms with E-state index in [9.17, 15) is 9.59 Å². The van der Waals surface area contributed by atoms with Crippen LogP contribution in [0.5, 0.6) is 0 Å². The Morgan fingerprint density at radius 1 is 0.830 bits per heavy atom. The van der Waals surface area contributed by atoms with E-state index in [4.69, 9.17) is 30.5 Å². The number of fused-ring (bicyclic) bond motifs is 5. The summed E-state index contributed by atoms with van der Waals surface area (Å²) in [5, 5.41) is 0. The number of benzene rings is 2. The molecule has 256 valence electrons. The Kier molecular flexibility index (Phi) is 10.9.